The zero-order chi connectivity index (χ0) is 14.1. The van der Waals surface area contributed by atoms with Crippen molar-refractivity contribution in [3.63, 3.8) is 0 Å². The van der Waals surface area contributed by atoms with E-state index < -0.39 is 29.5 Å². The lowest BCUT2D eigenvalue weighted by atomic mass is 10.2. The maximum Gasteiger partial charge on any atom is 0.463 e. The van der Waals surface area contributed by atoms with Crippen molar-refractivity contribution in [1.82, 2.24) is 0 Å². The summed E-state index contributed by atoms with van der Waals surface area (Å²) in [5.74, 6) is -9.27. The first-order valence-corrected chi connectivity index (χ1v) is 4.58. The van der Waals surface area contributed by atoms with E-state index in [-0.39, 0.29) is 5.56 Å². The number of aryl methyl sites for hydroxylation is 1. The predicted molar refractivity (Wildman–Crippen MR) is 50.8 cm³/mol. The Balaban J connectivity index is 2.99. The normalized spacial score (nSPS) is 12.4. The number of anilines is 1. The van der Waals surface area contributed by atoms with Crippen LogP contribution in [0.4, 0.5) is 32.0 Å². The average molecular weight is 271 g/mol. The molecule has 2 nitrogen and oxygen atoms in total. The molecule has 100 valence electrons. The van der Waals surface area contributed by atoms with Crippen LogP contribution in [0.3, 0.4) is 0 Å². The minimum Gasteiger partial charge on any atom is -0.318 e. The zero-order valence-corrected chi connectivity index (χ0v) is 8.91. The number of amides is 1. The van der Waals surface area contributed by atoms with Crippen LogP contribution in [0.15, 0.2) is 18.2 Å². The highest BCUT2D eigenvalue weighted by Crippen LogP contribution is 2.36. The van der Waals surface area contributed by atoms with E-state index in [1.54, 1.807) is 0 Å². The second-order valence-corrected chi connectivity index (χ2v) is 3.46. The molecule has 0 unspecified atom stereocenters. The van der Waals surface area contributed by atoms with Gasteiger partial charge in [0, 0.05) is 0 Å². The van der Waals surface area contributed by atoms with Crippen LogP contribution in [0.5, 0.6) is 0 Å². The van der Waals surface area contributed by atoms with Gasteiger partial charge in [-0.05, 0) is 18.6 Å². The number of nitrogens with one attached hydrogen (secondary N) is 1. The van der Waals surface area contributed by atoms with Crippen molar-refractivity contribution < 1.29 is 31.1 Å². The van der Waals surface area contributed by atoms with Gasteiger partial charge in [0.1, 0.15) is 5.82 Å². The summed E-state index contributed by atoms with van der Waals surface area (Å²) in [6.45, 7) is 1.27. The van der Waals surface area contributed by atoms with Gasteiger partial charge >= 0.3 is 18.0 Å². The van der Waals surface area contributed by atoms with Gasteiger partial charge in [-0.3, -0.25) is 4.79 Å². The van der Waals surface area contributed by atoms with Gasteiger partial charge < -0.3 is 5.32 Å². The first-order valence-electron chi connectivity index (χ1n) is 4.58. The average Bonchev–Trinajstić information content (AvgIpc) is 2.23. The highest BCUT2D eigenvalue weighted by atomic mass is 19.4. The number of rotatable bonds is 2. The molecule has 0 heterocycles. The molecule has 0 saturated heterocycles. The number of hydrogen-bond donors (Lipinski definition) is 1. The second-order valence-electron chi connectivity index (χ2n) is 3.46. The fourth-order valence-corrected chi connectivity index (χ4v) is 1.07. The SMILES string of the molecule is Cc1cccc(NC(=O)C(F)(F)C(F)(F)F)c1F. The van der Waals surface area contributed by atoms with E-state index in [4.69, 9.17) is 0 Å². The van der Waals surface area contributed by atoms with Crippen LogP contribution in [0.25, 0.3) is 0 Å². The van der Waals surface area contributed by atoms with Crippen LogP contribution in [-0.2, 0) is 4.79 Å². The smallest absolute Gasteiger partial charge is 0.318 e. The fourth-order valence-electron chi connectivity index (χ4n) is 1.07. The minimum absolute atomic E-state index is 0.00289. The molecule has 1 N–H and O–H groups in total. The zero-order valence-electron chi connectivity index (χ0n) is 8.91. The predicted octanol–water partition coefficient (Wildman–Crippen LogP) is 3.27. The van der Waals surface area contributed by atoms with E-state index in [2.05, 4.69) is 0 Å². The maximum absolute atomic E-state index is 13.3. The van der Waals surface area contributed by atoms with Crippen molar-refractivity contribution in [3.8, 4) is 0 Å². The molecule has 1 amide bonds. The van der Waals surface area contributed by atoms with E-state index in [1.165, 1.54) is 24.4 Å². The van der Waals surface area contributed by atoms with Gasteiger partial charge in [0.25, 0.3) is 0 Å². The molecule has 0 spiro atoms. The molecule has 1 aromatic rings. The largest absolute Gasteiger partial charge is 0.463 e. The minimum atomic E-state index is -6.03. The lowest BCUT2D eigenvalue weighted by molar-refractivity contribution is -0.267. The van der Waals surface area contributed by atoms with E-state index in [1.807, 2.05) is 0 Å². The van der Waals surface area contributed by atoms with Crippen LogP contribution >= 0.6 is 0 Å². The van der Waals surface area contributed by atoms with Crippen LogP contribution in [0, 0.1) is 12.7 Å². The van der Waals surface area contributed by atoms with Crippen LogP contribution in [0.1, 0.15) is 5.56 Å². The third-order valence-corrected chi connectivity index (χ3v) is 2.08. The Labute approximate surface area is 97.6 Å². The highest BCUT2D eigenvalue weighted by molar-refractivity contribution is 5.96. The summed E-state index contributed by atoms with van der Waals surface area (Å²) in [5.41, 5.74) is -0.730. The fraction of sp³-hybridized carbons (Fsp3) is 0.300. The molecule has 0 aliphatic rings. The molecule has 0 atom stereocenters. The Bertz CT molecular complexity index is 468. The lowest BCUT2D eigenvalue weighted by Crippen LogP contribution is -2.47. The number of halogens is 6. The van der Waals surface area contributed by atoms with Crippen LogP contribution in [0.2, 0.25) is 0 Å². The molecule has 1 aromatic carbocycles. The number of alkyl halides is 5. The quantitative estimate of drug-likeness (QED) is 0.822. The van der Waals surface area contributed by atoms with Gasteiger partial charge in [0.15, 0.2) is 0 Å². The van der Waals surface area contributed by atoms with Crippen LogP contribution in [-0.4, -0.2) is 18.0 Å². The Hall–Kier alpha value is -1.73. The van der Waals surface area contributed by atoms with Crippen LogP contribution < -0.4 is 5.32 Å². The van der Waals surface area contributed by atoms with Crippen molar-refractivity contribution in [2.24, 2.45) is 0 Å². The third-order valence-electron chi connectivity index (χ3n) is 2.08. The summed E-state index contributed by atoms with van der Waals surface area (Å²) < 4.78 is 74.1. The standard InChI is InChI=1S/C10H7F6NO/c1-5-3-2-4-6(7(5)11)17-8(18)9(12,13)10(14,15)16/h2-4H,1H3,(H,17,18). The topological polar surface area (TPSA) is 29.1 Å². The lowest BCUT2D eigenvalue weighted by Gasteiger charge is -2.19. The van der Waals surface area contributed by atoms with Gasteiger partial charge in [-0.25, -0.2) is 4.39 Å². The molecular weight excluding hydrogens is 264 g/mol. The molecule has 0 fully saturated rings. The Morgan fingerprint density at radius 1 is 1.17 bits per heavy atom. The number of hydrogen-bond acceptors (Lipinski definition) is 1. The summed E-state index contributed by atoms with van der Waals surface area (Å²) in [5, 5.41) is 1.21. The van der Waals surface area contributed by atoms with E-state index in [9.17, 15) is 31.1 Å². The van der Waals surface area contributed by atoms with Crippen molar-refractivity contribution in [2.45, 2.75) is 19.0 Å². The Kier molecular flexibility index (Phi) is 3.59. The first kappa shape index (κ1) is 14.3. The molecule has 0 aliphatic carbocycles. The number of carbonyl (C=O) groups is 1. The maximum atomic E-state index is 13.3. The number of benzene rings is 1. The van der Waals surface area contributed by atoms with Crippen molar-refractivity contribution in [2.75, 3.05) is 5.32 Å². The third kappa shape index (κ3) is 2.57. The van der Waals surface area contributed by atoms with Gasteiger partial charge in [-0.2, -0.15) is 22.0 Å². The molecular formula is C10H7F6NO. The summed E-state index contributed by atoms with van der Waals surface area (Å²) in [6.07, 6.45) is -6.03. The molecule has 8 heteroatoms. The Morgan fingerprint density at radius 3 is 2.22 bits per heavy atom. The molecule has 0 saturated carbocycles. The molecule has 0 aromatic heterocycles. The van der Waals surface area contributed by atoms with Gasteiger partial charge in [-0.1, -0.05) is 12.1 Å². The second kappa shape index (κ2) is 4.51. The van der Waals surface area contributed by atoms with E-state index in [0.717, 1.165) is 6.07 Å². The van der Waals surface area contributed by atoms with Crippen molar-refractivity contribution in [3.05, 3.63) is 29.6 Å². The monoisotopic (exact) mass is 271 g/mol. The molecule has 18 heavy (non-hydrogen) atoms. The highest BCUT2D eigenvalue weighted by Gasteiger charge is 2.63. The number of carbonyl (C=O) groups excluding carboxylic acids is 1. The molecule has 0 aliphatic heterocycles. The van der Waals surface area contributed by atoms with E-state index >= 15 is 0 Å². The van der Waals surface area contributed by atoms with Gasteiger partial charge in [0.05, 0.1) is 5.69 Å². The van der Waals surface area contributed by atoms with Gasteiger partial charge in [-0.15, -0.1) is 0 Å². The summed E-state index contributed by atoms with van der Waals surface area (Å²) in [6, 6.07) is 3.36. The molecule has 1 rings (SSSR count). The summed E-state index contributed by atoms with van der Waals surface area (Å²) >= 11 is 0. The van der Waals surface area contributed by atoms with E-state index in [0.29, 0.717) is 0 Å². The molecule has 0 bridgehead atoms. The summed E-state index contributed by atoms with van der Waals surface area (Å²) in [4.78, 5) is 10.8. The molecule has 0 radical (unpaired) electrons. The summed E-state index contributed by atoms with van der Waals surface area (Å²) in [7, 11) is 0. The van der Waals surface area contributed by atoms with Gasteiger partial charge in [0.2, 0.25) is 0 Å². The van der Waals surface area contributed by atoms with Crippen molar-refractivity contribution in [1.29, 1.82) is 0 Å². The van der Waals surface area contributed by atoms with Crippen molar-refractivity contribution >= 4 is 11.6 Å². The Morgan fingerprint density at radius 2 is 1.72 bits per heavy atom. The first-order chi connectivity index (χ1) is 8.07.